The fourth-order valence-corrected chi connectivity index (χ4v) is 6.36. The molecule has 2 aromatic carbocycles. The number of Topliss-reactive ketones (excluding diaryl/α,β-unsaturated/α-hetero) is 1. The van der Waals surface area contributed by atoms with E-state index in [-0.39, 0.29) is 24.4 Å². The number of benzene rings is 2. The summed E-state index contributed by atoms with van der Waals surface area (Å²) in [6.07, 6.45) is 1.20. The summed E-state index contributed by atoms with van der Waals surface area (Å²) in [6, 6.07) is 12.1. The van der Waals surface area contributed by atoms with Crippen molar-refractivity contribution >= 4 is 22.8 Å². The van der Waals surface area contributed by atoms with E-state index in [2.05, 4.69) is 23.7 Å². The molecule has 0 fully saturated rings. The Hall–Kier alpha value is -3.45. The molecule has 7 heteroatoms. The van der Waals surface area contributed by atoms with Crippen molar-refractivity contribution in [1.29, 1.82) is 0 Å². The third-order valence-corrected chi connectivity index (χ3v) is 8.06. The Kier molecular flexibility index (Phi) is 5.03. The molecule has 3 heterocycles. The highest BCUT2D eigenvalue weighted by Crippen LogP contribution is 2.52. The van der Waals surface area contributed by atoms with E-state index in [1.807, 2.05) is 30.3 Å². The van der Waals surface area contributed by atoms with E-state index < -0.39 is 0 Å². The summed E-state index contributed by atoms with van der Waals surface area (Å²) in [7, 11) is 3.26. The summed E-state index contributed by atoms with van der Waals surface area (Å²) in [5.74, 6) is 2.94. The van der Waals surface area contributed by atoms with Gasteiger partial charge in [0, 0.05) is 34.3 Å². The van der Waals surface area contributed by atoms with Gasteiger partial charge < -0.3 is 24.3 Å². The number of rotatable bonds is 4. The van der Waals surface area contributed by atoms with Gasteiger partial charge in [0.1, 0.15) is 0 Å². The minimum atomic E-state index is -0.111. The van der Waals surface area contributed by atoms with Crippen LogP contribution in [0.3, 0.4) is 0 Å². The van der Waals surface area contributed by atoms with Crippen LogP contribution in [0.5, 0.6) is 23.0 Å². The average Bonchev–Trinajstić information content (AvgIpc) is 3.48. The van der Waals surface area contributed by atoms with Gasteiger partial charge in [-0.25, -0.2) is 0 Å². The second-order valence-corrected chi connectivity index (χ2v) is 9.80. The molecule has 174 valence electrons. The predicted molar refractivity (Wildman–Crippen MR) is 131 cm³/mol. The van der Waals surface area contributed by atoms with Crippen molar-refractivity contribution in [3.05, 3.63) is 74.6 Å². The van der Waals surface area contributed by atoms with Crippen molar-refractivity contribution in [2.24, 2.45) is 0 Å². The molecule has 1 N–H and O–H groups in total. The quantitative estimate of drug-likeness (QED) is 0.518. The Morgan fingerprint density at radius 1 is 1.00 bits per heavy atom. The Labute approximate surface area is 202 Å². The van der Waals surface area contributed by atoms with Crippen LogP contribution in [0.25, 0.3) is 0 Å². The second kappa shape index (κ2) is 8.09. The van der Waals surface area contributed by atoms with Gasteiger partial charge in [0.2, 0.25) is 6.79 Å². The molecule has 2 aliphatic heterocycles. The molecule has 6 nitrogen and oxygen atoms in total. The van der Waals surface area contributed by atoms with Crippen LogP contribution in [0.1, 0.15) is 46.2 Å². The molecular formula is C27H25NO5S. The molecule has 0 unspecified atom stereocenters. The number of hydrogen-bond acceptors (Lipinski definition) is 7. The number of nitrogens with one attached hydrogen (secondary N) is 1. The third kappa shape index (κ3) is 3.26. The molecule has 2 atom stereocenters. The highest BCUT2D eigenvalue weighted by Gasteiger charge is 2.40. The zero-order chi connectivity index (χ0) is 23.4. The van der Waals surface area contributed by atoms with E-state index in [9.17, 15) is 4.79 Å². The monoisotopic (exact) mass is 475 g/mol. The van der Waals surface area contributed by atoms with Gasteiger partial charge in [-0.2, -0.15) is 0 Å². The standard InChI is InChI=1S/C27H25NO5S/c1-14-6-7-34-27(14)25-17-11-23-24(33-13-32-23)12-18(17)28-19-8-16(9-20(29)26(19)25)15-4-5-21(30-2)22(10-15)31-3/h4-7,10-12,16,25,28H,8-9,13H2,1-3H3/t16-,25+/m0/s1. The number of methoxy groups -OCH3 is 2. The maximum Gasteiger partial charge on any atom is 0.231 e. The molecule has 34 heavy (non-hydrogen) atoms. The molecule has 0 radical (unpaired) electrons. The number of carbonyl (C=O) groups is 1. The second-order valence-electron chi connectivity index (χ2n) is 8.85. The van der Waals surface area contributed by atoms with Crippen LogP contribution in [0.15, 0.2) is 53.0 Å². The number of thiophene rings is 1. The largest absolute Gasteiger partial charge is 0.493 e. The highest BCUT2D eigenvalue weighted by molar-refractivity contribution is 7.10. The van der Waals surface area contributed by atoms with Crippen molar-refractivity contribution < 1.29 is 23.7 Å². The summed E-state index contributed by atoms with van der Waals surface area (Å²) in [4.78, 5) is 14.9. The third-order valence-electron chi connectivity index (χ3n) is 6.98. The summed E-state index contributed by atoms with van der Waals surface area (Å²) in [6.45, 7) is 2.33. The number of anilines is 1. The van der Waals surface area contributed by atoms with E-state index >= 15 is 0 Å². The Morgan fingerprint density at radius 3 is 2.53 bits per heavy atom. The maximum atomic E-state index is 13.7. The lowest BCUT2D eigenvalue weighted by Crippen LogP contribution is -2.29. The molecule has 1 aliphatic carbocycles. The van der Waals surface area contributed by atoms with E-state index in [1.165, 1.54) is 10.4 Å². The minimum absolute atomic E-state index is 0.0548. The first-order chi connectivity index (χ1) is 16.6. The fraction of sp³-hybridized carbons (Fsp3) is 0.296. The molecule has 0 bridgehead atoms. The van der Waals surface area contributed by atoms with Crippen molar-refractivity contribution in [2.75, 3.05) is 26.3 Å². The maximum absolute atomic E-state index is 13.7. The minimum Gasteiger partial charge on any atom is -0.493 e. The predicted octanol–water partition coefficient (Wildman–Crippen LogP) is 5.76. The number of ether oxygens (including phenoxy) is 4. The van der Waals surface area contributed by atoms with Gasteiger partial charge in [0.05, 0.1) is 20.1 Å². The Morgan fingerprint density at radius 2 is 1.79 bits per heavy atom. The van der Waals surface area contributed by atoms with Gasteiger partial charge in [0.15, 0.2) is 28.8 Å². The van der Waals surface area contributed by atoms with Crippen LogP contribution in [0, 0.1) is 6.92 Å². The zero-order valence-electron chi connectivity index (χ0n) is 19.3. The molecule has 0 saturated carbocycles. The van der Waals surface area contributed by atoms with Crippen LogP contribution in [-0.2, 0) is 4.79 Å². The molecule has 6 rings (SSSR count). The number of ketones is 1. The lowest BCUT2D eigenvalue weighted by atomic mass is 9.73. The highest BCUT2D eigenvalue weighted by atomic mass is 32.1. The molecule has 0 amide bonds. The first-order valence-corrected chi connectivity index (χ1v) is 12.2. The lowest BCUT2D eigenvalue weighted by Gasteiger charge is -2.36. The summed E-state index contributed by atoms with van der Waals surface area (Å²) < 4.78 is 22.2. The number of allylic oxidation sites excluding steroid dienone is 2. The van der Waals surface area contributed by atoms with Gasteiger partial charge in [-0.1, -0.05) is 6.07 Å². The number of hydrogen-bond donors (Lipinski definition) is 1. The van der Waals surface area contributed by atoms with Crippen molar-refractivity contribution in [3.63, 3.8) is 0 Å². The Bertz CT molecular complexity index is 1340. The number of carbonyl (C=O) groups excluding carboxylic acids is 1. The first kappa shape index (κ1) is 21.1. The topological polar surface area (TPSA) is 66.0 Å². The van der Waals surface area contributed by atoms with Gasteiger partial charge in [-0.3, -0.25) is 4.79 Å². The van der Waals surface area contributed by atoms with Crippen LogP contribution in [0.4, 0.5) is 5.69 Å². The lowest BCUT2D eigenvalue weighted by molar-refractivity contribution is -0.116. The molecule has 0 saturated heterocycles. The number of fused-ring (bicyclic) bond motifs is 2. The van der Waals surface area contributed by atoms with Crippen molar-refractivity contribution in [2.45, 2.75) is 31.6 Å². The van der Waals surface area contributed by atoms with Gasteiger partial charge >= 0.3 is 0 Å². The first-order valence-electron chi connectivity index (χ1n) is 11.3. The normalized spacial score (nSPS) is 20.5. The van der Waals surface area contributed by atoms with E-state index in [0.717, 1.165) is 46.0 Å². The molecule has 1 aromatic heterocycles. The van der Waals surface area contributed by atoms with Gasteiger partial charge in [-0.15, -0.1) is 11.3 Å². The molecule has 0 spiro atoms. The van der Waals surface area contributed by atoms with E-state index in [4.69, 9.17) is 18.9 Å². The molecular weight excluding hydrogens is 450 g/mol. The van der Waals surface area contributed by atoms with Crippen LogP contribution in [0.2, 0.25) is 0 Å². The smallest absolute Gasteiger partial charge is 0.231 e. The average molecular weight is 476 g/mol. The van der Waals surface area contributed by atoms with Gasteiger partial charge in [-0.05, 0) is 65.6 Å². The Balaban J connectivity index is 1.45. The van der Waals surface area contributed by atoms with Crippen LogP contribution >= 0.6 is 11.3 Å². The summed E-state index contributed by atoms with van der Waals surface area (Å²) in [5, 5.41) is 5.69. The summed E-state index contributed by atoms with van der Waals surface area (Å²) >= 11 is 1.70. The van der Waals surface area contributed by atoms with Crippen LogP contribution in [-0.4, -0.2) is 26.8 Å². The van der Waals surface area contributed by atoms with Crippen LogP contribution < -0.4 is 24.3 Å². The fourth-order valence-electron chi connectivity index (χ4n) is 5.30. The SMILES string of the molecule is COc1ccc([C@@H]2CC(=O)C3=C(C2)Nc2cc4c(cc2[C@H]3c2sccc2C)OCO4)cc1OC. The molecule has 3 aliphatic rings. The molecule has 3 aromatic rings. The van der Waals surface area contributed by atoms with E-state index in [0.29, 0.717) is 17.9 Å². The number of aryl methyl sites for hydroxylation is 1. The van der Waals surface area contributed by atoms with Crippen molar-refractivity contribution in [1.82, 2.24) is 0 Å². The van der Waals surface area contributed by atoms with Gasteiger partial charge in [0.25, 0.3) is 0 Å². The van der Waals surface area contributed by atoms with Crippen molar-refractivity contribution in [3.8, 4) is 23.0 Å². The van der Waals surface area contributed by atoms with E-state index in [1.54, 1.807) is 25.6 Å². The zero-order valence-corrected chi connectivity index (χ0v) is 20.1. The summed E-state index contributed by atoms with van der Waals surface area (Å²) in [5.41, 5.74) is 6.16.